The number of nitrogen functional groups attached to an aromatic ring is 1. The first kappa shape index (κ1) is 12.0. The molecule has 0 aliphatic heterocycles. The smallest absolute Gasteiger partial charge is 0.149 e. The van der Waals surface area contributed by atoms with Gasteiger partial charge in [0, 0.05) is 6.07 Å². The zero-order valence-corrected chi connectivity index (χ0v) is 10.7. The van der Waals surface area contributed by atoms with Gasteiger partial charge >= 0.3 is 0 Å². The molecule has 2 aromatic rings. The van der Waals surface area contributed by atoms with E-state index in [4.69, 9.17) is 10.5 Å². The fourth-order valence-electron chi connectivity index (χ4n) is 2.48. The molecule has 0 fully saturated rings. The Morgan fingerprint density at radius 1 is 1.05 bits per heavy atom. The first-order chi connectivity index (χ1) is 9.22. The number of hydrogen-bond donors (Lipinski definition) is 1. The number of benzene rings is 2. The Bertz CT molecular complexity index is 610. The Morgan fingerprint density at radius 3 is 2.74 bits per heavy atom. The third kappa shape index (κ3) is 2.55. The average Bonchev–Trinajstić information content (AvgIpc) is 2.87. The lowest BCUT2D eigenvalue weighted by Crippen LogP contribution is -1.98. The van der Waals surface area contributed by atoms with Crippen LogP contribution in [0.4, 0.5) is 10.1 Å². The van der Waals surface area contributed by atoms with Crippen LogP contribution in [-0.4, -0.2) is 0 Å². The molecule has 0 saturated heterocycles. The van der Waals surface area contributed by atoms with Crippen molar-refractivity contribution in [1.82, 2.24) is 0 Å². The van der Waals surface area contributed by atoms with E-state index in [2.05, 4.69) is 18.2 Å². The van der Waals surface area contributed by atoms with Gasteiger partial charge in [0.05, 0.1) is 5.69 Å². The number of nitrogens with two attached hydrogens (primary N) is 1. The molecule has 3 heteroatoms. The second-order valence-corrected chi connectivity index (χ2v) is 4.93. The summed E-state index contributed by atoms with van der Waals surface area (Å²) in [5, 5.41) is 0. The summed E-state index contributed by atoms with van der Waals surface area (Å²) in [6.07, 6.45) is 3.57. The summed E-state index contributed by atoms with van der Waals surface area (Å²) in [5.41, 5.74) is 9.56. The van der Waals surface area contributed by atoms with Crippen LogP contribution in [-0.2, 0) is 19.4 Å². The molecule has 3 rings (SSSR count). The largest absolute Gasteiger partial charge is 0.489 e. The second-order valence-electron chi connectivity index (χ2n) is 4.93. The minimum Gasteiger partial charge on any atom is -0.489 e. The van der Waals surface area contributed by atoms with E-state index < -0.39 is 5.82 Å². The molecule has 2 aromatic carbocycles. The molecule has 1 aliphatic carbocycles. The molecule has 2 N–H and O–H groups in total. The summed E-state index contributed by atoms with van der Waals surface area (Å²) in [6, 6.07) is 11.0. The molecule has 0 atom stereocenters. The van der Waals surface area contributed by atoms with E-state index in [1.807, 2.05) is 0 Å². The van der Waals surface area contributed by atoms with Crippen molar-refractivity contribution in [2.24, 2.45) is 0 Å². The second kappa shape index (κ2) is 4.92. The Balaban J connectivity index is 1.70. The summed E-state index contributed by atoms with van der Waals surface area (Å²) >= 11 is 0. The number of rotatable bonds is 3. The van der Waals surface area contributed by atoms with Crippen molar-refractivity contribution in [3.05, 3.63) is 58.9 Å². The predicted octanol–water partition coefficient (Wildman–Crippen LogP) is 3.48. The van der Waals surface area contributed by atoms with Crippen molar-refractivity contribution >= 4 is 5.69 Å². The van der Waals surface area contributed by atoms with Gasteiger partial charge in [0.25, 0.3) is 0 Å². The van der Waals surface area contributed by atoms with Crippen LogP contribution in [0.15, 0.2) is 36.4 Å². The van der Waals surface area contributed by atoms with Gasteiger partial charge in [-0.1, -0.05) is 18.2 Å². The molecule has 0 unspecified atom stereocenters. The fraction of sp³-hybridized carbons (Fsp3) is 0.250. The molecule has 98 valence electrons. The van der Waals surface area contributed by atoms with E-state index in [1.165, 1.54) is 36.1 Å². The highest BCUT2D eigenvalue weighted by molar-refractivity contribution is 5.43. The number of hydrogen-bond acceptors (Lipinski definition) is 2. The molecule has 0 radical (unpaired) electrons. The predicted molar refractivity (Wildman–Crippen MR) is 73.6 cm³/mol. The molecule has 19 heavy (non-hydrogen) atoms. The fourth-order valence-corrected chi connectivity index (χ4v) is 2.48. The van der Waals surface area contributed by atoms with E-state index in [0.29, 0.717) is 12.4 Å². The molecule has 0 aromatic heterocycles. The topological polar surface area (TPSA) is 35.2 Å². The number of anilines is 1. The molecule has 0 heterocycles. The SMILES string of the molecule is Nc1ccc(OCc2ccc3c(c2)CCC3)cc1F. The molecular formula is C16H16FNO. The molecule has 0 amide bonds. The van der Waals surface area contributed by atoms with E-state index in [-0.39, 0.29) is 5.69 Å². The summed E-state index contributed by atoms with van der Waals surface area (Å²) < 4.78 is 18.9. The highest BCUT2D eigenvalue weighted by Crippen LogP contribution is 2.24. The van der Waals surface area contributed by atoms with Gasteiger partial charge in [-0.25, -0.2) is 4.39 Å². The van der Waals surface area contributed by atoms with Crippen LogP contribution in [0.1, 0.15) is 23.1 Å². The number of aryl methyl sites for hydroxylation is 2. The van der Waals surface area contributed by atoms with Gasteiger partial charge in [0.2, 0.25) is 0 Å². The van der Waals surface area contributed by atoms with Crippen LogP contribution in [0.25, 0.3) is 0 Å². The van der Waals surface area contributed by atoms with Gasteiger partial charge in [-0.3, -0.25) is 0 Å². The van der Waals surface area contributed by atoms with E-state index in [0.717, 1.165) is 12.0 Å². The van der Waals surface area contributed by atoms with Crippen molar-refractivity contribution in [1.29, 1.82) is 0 Å². The lowest BCUT2D eigenvalue weighted by atomic mass is 10.1. The minimum absolute atomic E-state index is 0.143. The monoisotopic (exact) mass is 257 g/mol. The van der Waals surface area contributed by atoms with Crippen molar-refractivity contribution in [2.45, 2.75) is 25.9 Å². The molecule has 0 saturated carbocycles. The van der Waals surface area contributed by atoms with Crippen molar-refractivity contribution in [3.8, 4) is 5.75 Å². The first-order valence-electron chi connectivity index (χ1n) is 6.51. The maximum absolute atomic E-state index is 13.3. The molecule has 0 spiro atoms. The number of ether oxygens (including phenoxy) is 1. The van der Waals surface area contributed by atoms with Crippen LogP contribution >= 0.6 is 0 Å². The number of fused-ring (bicyclic) bond motifs is 1. The summed E-state index contributed by atoms with van der Waals surface area (Å²) in [6.45, 7) is 0.455. The van der Waals surface area contributed by atoms with Crippen molar-refractivity contribution in [3.63, 3.8) is 0 Å². The zero-order chi connectivity index (χ0) is 13.2. The molecule has 2 nitrogen and oxygen atoms in total. The number of halogens is 1. The van der Waals surface area contributed by atoms with E-state index >= 15 is 0 Å². The zero-order valence-electron chi connectivity index (χ0n) is 10.7. The van der Waals surface area contributed by atoms with Gasteiger partial charge in [-0.2, -0.15) is 0 Å². The summed E-state index contributed by atoms with van der Waals surface area (Å²) in [7, 11) is 0. The van der Waals surface area contributed by atoms with E-state index in [9.17, 15) is 4.39 Å². The maximum atomic E-state index is 13.3. The van der Waals surface area contributed by atoms with Crippen molar-refractivity contribution < 1.29 is 9.13 Å². The minimum atomic E-state index is -0.438. The first-order valence-corrected chi connectivity index (χ1v) is 6.51. The highest BCUT2D eigenvalue weighted by atomic mass is 19.1. The molecule has 0 bridgehead atoms. The Morgan fingerprint density at radius 2 is 1.89 bits per heavy atom. The van der Waals surface area contributed by atoms with Crippen LogP contribution in [0.2, 0.25) is 0 Å². The maximum Gasteiger partial charge on any atom is 0.149 e. The van der Waals surface area contributed by atoms with Crippen LogP contribution in [0.3, 0.4) is 0 Å². The average molecular weight is 257 g/mol. The normalized spacial score (nSPS) is 13.3. The summed E-state index contributed by atoms with van der Waals surface area (Å²) in [5.74, 6) is 0.0682. The van der Waals surface area contributed by atoms with Gasteiger partial charge in [0.15, 0.2) is 0 Å². The van der Waals surface area contributed by atoms with Crippen LogP contribution < -0.4 is 10.5 Å². The van der Waals surface area contributed by atoms with Gasteiger partial charge in [-0.15, -0.1) is 0 Å². The molecule has 1 aliphatic rings. The highest BCUT2D eigenvalue weighted by Gasteiger charge is 2.11. The van der Waals surface area contributed by atoms with Gasteiger partial charge in [-0.05, 0) is 48.1 Å². The van der Waals surface area contributed by atoms with Gasteiger partial charge in [0.1, 0.15) is 18.2 Å². The third-order valence-electron chi connectivity index (χ3n) is 3.54. The Kier molecular flexibility index (Phi) is 3.11. The van der Waals surface area contributed by atoms with E-state index in [1.54, 1.807) is 6.07 Å². The lowest BCUT2D eigenvalue weighted by molar-refractivity contribution is 0.304. The Labute approximate surface area is 112 Å². The Hall–Kier alpha value is -2.03. The van der Waals surface area contributed by atoms with Crippen molar-refractivity contribution in [2.75, 3.05) is 5.73 Å². The van der Waals surface area contributed by atoms with Crippen LogP contribution in [0, 0.1) is 5.82 Å². The standard InChI is InChI=1S/C16H16FNO/c17-15-9-14(6-7-16(15)18)19-10-11-4-5-12-2-1-3-13(12)8-11/h4-9H,1-3,10,18H2. The lowest BCUT2D eigenvalue weighted by Gasteiger charge is -2.08. The quantitative estimate of drug-likeness (QED) is 0.854. The summed E-state index contributed by atoms with van der Waals surface area (Å²) in [4.78, 5) is 0. The molecular weight excluding hydrogens is 241 g/mol. The van der Waals surface area contributed by atoms with Gasteiger partial charge < -0.3 is 10.5 Å². The third-order valence-corrected chi connectivity index (χ3v) is 3.54. The van der Waals surface area contributed by atoms with Crippen LogP contribution in [0.5, 0.6) is 5.75 Å².